The third-order valence-electron chi connectivity index (χ3n) is 3.80. The predicted molar refractivity (Wildman–Crippen MR) is 71.3 cm³/mol. The zero-order valence-corrected chi connectivity index (χ0v) is 11.0. The maximum absolute atomic E-state index is 11.2. The fraction of sp³-hybridized carbons (Fsp3) is 0.333. The smallest absolute Gasteiger partial charge is 0.490 e. The number of hydrogen-bond donors (Lipinski definition) is 0. The standard InChI is InChI=1S/C15H12O6/c16-14-4-2-8-1-3-9(5-11(8)19-14)18-10-6-12-13(7-10)21-15(17)20-12/h1-5,10,12-13H,6-7H2/t10-,12+,13-. The molecule has 108 valence electrons. The first-order chi connectivity index (χ1) is 10.2. The summed E-state index contributed by atoms with van der Waals surface area (Å²) >= 11 is 0. The average Bonchev–Trinajstić information content (AvgIpc) is 2.94. The van der Waals surface area contributed by atoms with Crippen LogP contribution in [0.25, 0.3) is 11.0 Å². The van der Waals surface area contributed by atoms with Crippen LogP contribution in [0, 0.1) is 0 Å². The van der Waals surface area contributed by atoms with E-state index in [1.807, 2.05) is 12.1 Å². The molecule has 6 nitrogen and oxygen atoms in total. The highest BCUT2D eigenvalue weighted by Crippen LogP contribution is 2.33. The molecule has 1 aromatic heterocycles. The summed E-state index contributed by atoms with van der Waals surface area (Å²) in [5, 5.41) is 0.836. The van der Waals surface area contributed by atoms with Crippen LogP contribution in [0.1, 0.15) is 12.8 Å². The van der Waals surface area contributed by atoms with Crippen molar-refractivity contribution in [2.45, 2.75) is 31.2 Å². The molecule has 0 radical (unpaired) electrons. The zero-order chi connectivity index (χ0) is 14.4. The maximum Gasteiger partial charge on any atom is 0.509 e. The summed E-state index contributed by atoms with van der Waals surface area (Å²) in [6.45, 7) is 0. The molecule has 1 saturated heterocycles. The van der Waals surface area contributed by atoms with Crippen LogP contribution in [0.3, 0.4) is 0 Å². The maximum atomic E-state index is 11.2. The van der Waals surface area contributed by atoms with Crippen LogP contribution in [0.5, 0.6) is 5.75 Å². The highest BCUT2D eigenvalue weighted by Gasteiger charge is 2.46. The summed E-state index contributed by atoms with van der Waals surface area (Å²) < 4.78 is 21.1. The van der Waals surface area contributed by atoms with E-state index in [2.05, 4.69) is 0 Å². The molecular weight excluding hydrogens is 276 g/mol. The molecule has 2 aliphatic rings. The summed E-state index contributed by atoms with van der Waals surface area (Å²) in [5.41, 5.74) is 0.0937. The molecule has 1 saturated carbocycles. The van der Waals surface area contributed by atoms with Crippen LogP contribution in [-0.4, -0.2) is 24.5 Å². The van der Waals surface area contributed by atoms with Gasteiger partial charge in [-0.25, -0.2) is 9.59 Å². The number of hydrogen-bond acceptors (Lipinski definition) is 6. The van der Waals surface area contributed by atoms with E-state index in [4.69, 9.17) is 18.6 Å². The Balaban J connectivity index is 1.53. The molecule has 3 atom stereocenters. The van der Waals surface area contributed by atoms with Gasteiger partial charge in [0.1, 0.15) is 29.6 Å². The van der Waals surface area contributed by atoms with E-state index >= 15 is 0 Å². The topological polar surface area (TPSA) is 75.0 Å². The van der Waals surface area contributed by atoms with E-state index in [0.717, 1.165) is 5.39 Å². The van der Waals surface area contributed by atoms with Crippen LogP contribution in [0.4, 0.5) is 4.79 Å². The minimum Gasteiger partial charge on any atom is -0.490 e. The number of carbonyl (C=O) groups is 1. The Hall–Kier alpha value is -2.50. The molecule has 0 unspecified atom stereocenters. The molecule has 0 amide bonds. The average molecular weight is 288 g/mol. The van der Waals surface area contributed by atoms with Crippen molar-refractivity contribution in [1.82, 2.24) is 0 Å². The summed E-state index contributed by atoms with van der Waals surface area (Å²) in [4.78, 5) is 22.2. The van der Waals surface area contributed by atoms with Crippen molar-refractivity contribution < 1.29 is 23.4 Å². The minimum atomic E-state index is -0.601. The van der Waals surface area contributed by atoms with Gasteiger partial charge in [-0.15, -0.1) is 0 Å². The van der Waals surface area contributed by atoms with E-state index in [0.29, 0.717) is 24.2 Å². The normalized spacial score (nSPS) is 27.2. The van der Waals surface area contributed by atoms with Gasteiger partial charge < -0.3 is 18.6 Å². The van der Waals surface area contributed by atoms with Crippen LogP contribution < -0.4 is 10.4 Å². The van der Waals surface area contributed by atoms with Gasteiger partial charge in [-0.1, -0.05) is 0 Å². The summed E-state index contributed by atoms with van der Waals surface area (Å²) in [6, 6.07) is 8.44. The second-order valence-electron chi connectivity index (χ2n) is 5.23. The lowest BCUT2D eigenvalue weighted by Crippen LogP contribution is -2.15. The lowest BCUT2D eigenvalue weighted by molar-refractivity contribution is 0.0898. The van der Waals surface area contributed by atoms with E-state index in [-0.39, 0.29) is 18.3 Å². The summed E-state index contributed by atoms with van der Waals surface area (Å²) in [5.74, 6) is 0.619. The van der Waals surface area contributed by atoms with Crippen molar-refractivity contribution in [3.63, 3.8) is 0 Å². The second-order valence-corrected chi connectivity index (χ2v) is 5.23. The Bertz CT molecular complexity index is 748. The van der Waals surface area contributed by atoms with Crippen LogP contribution >= 0.6 is 0 Å². The van der Waals surface area contributed by atoms with Gasteiger partial charge in [0.15, 0.2) is 0 Å². The number of fused-ring (bicyclic) bond motifs is 2. The second kappa shape index (κ2) is 4.51. The van der Waals surface area contributed by atoms with Gasteiger partial charge in [-0.3, -0.25) is 0 Å². The Labute approximate surface area is 119 Å². The fourth-order valence-corrected chi connectivity index (χ4v) is 2.84. The van der Waals surface area contributed by atoms with Crippen molar-refractivity contribution in [3.05, 3.63) is 40.8 Å². The highest BCUT2D eigenvalue weighted by molar-refractivity contribution is 5.77. The largest absolute Gasteiger partial charge is 0.509 e. The van der Waals surface area contributed by atoms with Gasteiger partial charge >= 0.3 is 11.8 Å². The molecule has 1 aromatic carbocycles. The van der Waals surface area contributed by atoms with Gasteiger partial charge in [-0.05, 0) is 18.2 Å². The molecule has 21 heavy (non-hydrogen) atoms. The van der Waals surface area contributed by atoms with Crippen molar-refractivity contribution >= 4 is 17.1 Å². The number of rotatable bonds is 2. The molecule has 1 aliphatic heterocycles. The molecule has 2 heterocycles. The molecule has 0 spiro atoms. The zero-order valence-electron chi connectivity index (χ0n) is 11.0. The number of carbonyl (C=O) groups excluding carboxylic acids is 1. The van der Waals surface area contributed by atoms with E-state index in [1.165, 1.54) is 6.07 Å². The van der Waals surface area contributed by atoms with Gasteiger partial charge in [0.25, 0.3) is 0 Å². The van der Waals surface area contributed by atoms with Crippen molar-refractivity contribution in [3.8, 4) is 5.75 Å². The minimum absolute atomic E-state index is 0.0824. The van der Waals surface area contributed by atoms with Crippen LogP contribution in [-0.2, 0) is 9.47 Å². The van der Waals surface area contributed by atoms with Gasteiger partial charge in [0.2, 0.25) is 0 Å². The summed E-state index contributed by atoms with van der Waals surface area (Å²) in [6.07, 6.45) is 0.0825. The third kappa shape index (κ3) is 2.22. The van der Waals surface area contributed by atoms with Crippen LogP contribution in [0.2, 0.25) is 0 Å². The quantitative estimate of drug-likeness (QED) is 0.623. The first-order valence-corrected chi connectivity index (χ1v) is 6.75. The molecule has 2 fully saturated rings. The lowest BCUT2D eigenvalue weighted by atomic mass is 10.2. The Morgan fingerprint density at radius 2 is 1.71 bits per heavy atom. The van der Waals surface area contributed by atoms with E-state index in [1.54, 1.807) is 12.1 Å². The number of benzene rings is 1. The molecule has 4 rings (SSSR count). The Morgan fingerprint density at radius 3 is 2.48 bits per heavy atom. The predicted octanol–water partition coefficient (Wildman–Crippen LogP) is 2.24. The molecule has 0 bridgehead atoms. The first kappa shape index (κ1) is 12.3. The SMILES string of the molecule is O=C1O[C@H]2C[C@@H](Oc3ccc4ccc(=O)oc4c3)C[C@H]2O1. The van der Waals surface area contributed by atoms with Gasteiger partial charge in [-0.2, -0.15) is 0 Å². The van der Waals surface area contributed by atoms with Crippen LogP contribution in [0.15, 0.2) is 39.5 Å². The third-order valence-corrected chi connectivity index (χ3v) is 3.80. The summed E-state index contributed by atoms with van der Waals surface area (Å²) in [7, 11) is 0. The first-order valence-electron chi connectivity index (χ1n) is 6.75. The van der Waals surface area contributed by atoms with Crippen molar-refractivity contribution in [2.75, 3.05) is 0 Å². The van der Waals surface area contributed by atoms with E-state index < -0.39 is 11.8 Å². The lowest BCUT2D eigenvalue weighted by Gasteiger charge is -2.14. The molecule has 6 heteroatoms. The van der Waals surface area contributed by atoms with Gasteiger partial charge in [0, 0.05) is 30.4 Å². The van der Waals surface area contributed by atoms with E-state index in [9.17, 15) is 9.59 Å². The molecular formula is C15H12O6. The number of ether oxygens (including phenoxy) is 3. The highest BCUT2D eigenvalue weighted by atomic mass is 16.8. The Morgan fingerprint density at radius 1 is 1.00 bits per heavy atom. The fourth-order valence-electron chi connectivity index (χ4n) is 2.84. The molecule has 2 aromatic rings. The Kier molecular flexibility index (Phi) is 2.63. The monoisotopic (exact) mass is 288 g/mol. The molecule has 0 N–H and O–H groups in total. The van der Waals surface area contributed by atoms with Gasteiger partial charge in [0.05, 0.1) is 0 Å². The molecule has 1 aliphatic carbocycles. The van der Waals surface area contributed by atoms with Crippen molar-refractivity contribution in [2.24, 2.45) is 0 Å². The van der Waals surface area contributed by atoms with Crippen molar-refractivity contribution in [1.29, 1.82) is 0 Å².